The van der Waals surface area contributed by atoms with Crippen molar-refractivity contribution in [1.82, 2.24) is 12.3 Å². The van der Waals surface area contributed by atoms with Crippen LogP contribution in [0.25, 0.3) is 0 Å². The van der Waals surface area contributed by atoms with Gasteiger partial charge in [-0.3, -0.25) is 13.7 Å². The summed E-state index contributed by atoms with van der Waals surface area (Å²) in [5.41, 5.74) is 0. The van der Waals surface area contributed by atoms with Gasteiger partial charge in [-0.15, -0.1) is 0 Å². The Morgan fingerprint density at radius 2 is 1.08 bits per heavy atom. The number of hydrogen-bond acceptors (Lipinski definition) is 6. The van der Waals surface area contributed by atoms with Crippen LogP contribution in [0.5, 0.6) is 0 Å². The SMILES string of the molecule is N.N.O=P([O-])(O)O.O=S(=O)(O)O.[K+]. The summed E-state index contributed by atoms with van der Waals surface area (Å²) in [6.07, 6.45) is 0. The van der Waals surface area contributed by atoms with Crippen molar-refractivity contribution in [3.8, 4) is 0 Å². The molecule has 13 heteroatoms. The first-order valence-corrected chi connectivity index (χ1v) is 4.39. The first-order valence-electron chi connectivity index (χ1n) is 1.46. The summed E-state index contributed by atoms with van der Waals surface area (Å²) in [5, 5.41) is 0. The third kappa shape index (κ3) is 763. The Morgan fingerprint density at radius 3 is 1.08 bits per heavy atom. The van der Waals surface area contributed by atoms with Crippen LogP contribution in [-0.2, 0) is 15.0 Å². The van der Waals surface area contributed by atoms with E-state index in [1.807, 2.05) is 0 Å². The van der Waals surface area contributed by atoms with E-state index in [1.54, 1.807) is 0 Å². The molecule has 0 unspecified atom stereocenters. The summed E-state index contributed by atoms with van der Waals surface area (Å²) in [7, 11) is -9.56. The van der Waals surface area contributed by atoms with Crippen LogP contribution in [0.3, 0.4) is 0 Å². The van der Waals surface area contributed by atoms with Gasteiger partial charge in [-0.25, -0.2) is 0 Å². The molecule has 0 spiro atoms. The van der Waals surface area contributed by atoms with Crippen molar-refractivity contribution in [2.75, 3.05) is 0 Å². The van der Waals surface area contributed by atoms with Crippen molar-refractivity contribution >= 4 is 18.2 Å². The normalized spacial score (nSPS) is 9.00. The van der Waals surface area contributed by atoms with E-state index < -0.39 is 18.2 Å². The van der Waals surface area contributed by atoms with Crippen LogP contribution in [0.2, 0.25) is 0 Å². The van der Waals surface area contributed by atoms with Crippen molar-refractivity contribution in [3.05, 3.63) is 0 Å². The maximum absolute atomic E-state index is 8.77. The molecule has 0 aliphatic carbocycles. The molecule has 13 heavy (non-hydrogen) atoms. The molecule has 0 amide bonds. The van der Waals surface area contributed by atoms with E-state index in [9.17, 15) is 0 Å². The van der Waals surface area contributed by atoms with Crippen LogP contribution in [0.15, 0.2) is 0 Å². The second kappa shape index (κ2) is 11.6. The van der Waals surface area contributed by atoms with Crippen LogP contribution < -0.4 is 68.6 Å². The third-order valence-corrected chi connectivity index (χ3v) is 0. The van der Waals surface area contributed by atoms with Gasteiger partial charge in [-0.1, -0.05) is 0 Å². The summed E-state index contributed by atoms with van der Waals surface area (Å²) in [6.45, 7) is 0. The minimum Gasteiger partial charge on any atom is -0.756 e. The van der Waals surface area contributed by atoms with E-state index >= 15 is 0 Å². The quantitative estimate of drug-likeness (QED) is 0.139. The zero-order valence-electron chi connectivity index (χ0n) is 6.69. The molecule has 0 aromatic heterocycles. The van der Waals surface area contributed by atoms with Gasteiger partial charge in [0.05, 0.1) is 0 Å². The number of hydrogen-bond donors (Lipinski definition) is 6. The molecule has 0 saturated heterocycles. The molecular weight excluding hydrogens is 258 g/mol. The monoisotopic (exact) mass is 268 g/mol. The zero-order valence-corrected chi connectivity index (χ0v) is 11.5. The van der Waals surface area contributed by atoms with E-state index in [2.05, 4.69) is 0 Å². The fourth-order valence-electron chi connectivity index (χ4n) is 0. The summed E-state index contributed by atoms with van der Waals surface area (Å²) in [4.78, 5) is 22.9. The van der Waals surface area contributed by atoms with E-state index in [0.717, 1.165) is 0 Å². The second-order valence-electron chi connectivity index (χ2n) is 0.938. The summed E-state index contributed by atoms with van der Waals surface area (Å²) < 4.78 is 40.4. The van der Waals surface area contributed by atoms with Gasteiger partial charge in [-0.05, 0) is 0 Å². The maximum atomic E-state index is 8.77. The molecule has 0 heterocycles. The van der Waals surface area contributed by atoms with Gasteiger partial charge in [0.15, 0.2) is 0 Å². The maximum Gasteiger partial charge on any atom is 1.00 e. The number of phosphoric acid groups is 1. The average molecular weight is 268 g/mol. The molecule has 0 aliphatic heterocycles. The average Bonchev–Trinajstić information content (AvgIpc) is 1.12. The molecule has 0 aromatic rings. The van der Waals surface area contributed by atoms with Crippen molar-refractivity contribution in [2.24, 2.45) is 0 Å². The Balaban J connectivity index is -0.0000000267. The third-order valence-electron chi connectivity index (χ3n) is 0. The molecular formula is H10KN2O8PS. The molecule has 0 aliphatic rings. The Morgan fingerprint density at radius 1 is 1.08 bits per heavy atom. The number of rotatable bonds is 0. The van der Waals surface area contributed by atoms with Gasteiger partial charge < -0.3 is 27.0 Å². The van der Waals surface area contributed by atoms with Crippen molar-refractivity contribution in [2.45, 2.75) is 0 Å². The minimum atomic E-state index is -4.89. The van der Waals surface area contributed by atoms with Gasteiger partial charge >= 0.3 is 61.8 Å². The summed E-state index contributed by atoms with van der Waals surface area (Å²) in [5.74, 6) is 0. The molecule has 10 N–H and O–H groups in total. The smallest absolute Gasteiger partial charge is 0.756 e. The van der Waals surface area contributed by atoms with Crippen LogP contribution in [-0.4, -0.2) is 27.3 Å². The van der Waals surface area contributed by atoms with Crippen molar-refractivity contribution < 1.29 is 88.2 Å². The molecule has 0 radical (unpaired) electrons. The summed E-state index contributed by atoms with van der Waals surface area (Å²) in [6, 6.07) is 0. The van der Waals surface area contributed by atoms with Crippen LogP contribution in [0.1, 0.15) is 0 Å². The fourth-order valence-corrected chi connectivity index (χ4v) is 0. The molecule has 0 saturated carbocycles. The van der Waals surface area contributed by atoms with Gasteiger partial charge in [0, 0.05) is 0 Å². The Labute approximate surface area is 117 Å². The minimum absolute atomic E-state index is 0. The topological polar surface area (TPSA) is 225 Å². The first kappa shape index (κ1) is 29.3. The van der Waals surface area contributed by atoms with Crippen molar-refractivity contribution in [3.63, 3.8) is 0 Å². The van der Waals surface area contributed by atoms with Crippen LogP contribution in [0, 0.1) is 0 Å². The second-order valence-corrected chi connectivity index (χ2v) is 2.82. The molecule has 80 valence electrons. The zero-order chi connectivity index (χ0) is 9.00. The standard InChI is InChI=1S/K.2H3N.H3O4P.H2O4S/c;;;2*1-5(2,3)4/h;2*1H3;(H3,1,2,3,4);(H2,1,2,3,4)/q+1;;;;/p-1. The fraction of sp³-hybridized carbons (Fsp3) is 0. The van der Waals surface area contributed by atoms with Gasteiger partial charge in [0.1, 0.15) is 0 Å². The van der Waals surface area contributed by atoms with E-state index in [4.69, 9.17) is 36.8 Å². The first-order chi connectivity index (χ1) is 4.00. The van der Waals surface area contributed by atoms with Gasteiger partial charge in [0.2, 0.25) is 0 Å². The molecule has 0 atom stereocenters. The summed E-state index contributed by atoms with van der Waals surface area (Å²) >= 11 is 0. The van der Waals surface area contributed by atoms with Crippen molar-refractivity contribution in [1.29, 1.82) is 0 Å². The Hall–Kier alpha value is 1.54. The van der Waals surface area contributed by atoms with Crippen LogP contribution in [0.4, 0.5) is 0 Å². The van der Waals surface area contributed by atoms with Crippen LogP contribution >= 0.6 is 7.82 Å². The molecule has 0 aromatic carbocycles. The Kier molecular flexibility index (Phi) is 26.2. The predicted octanol–water partition coefficient (Wildman–Crippen LogP) is -4.89. The molecule has 0 rings (SSSR count). The molecule has 0 fully saturated rings. The van der Waals surface area contributed by atoms with E-state index in [0.29, 0.717) is 0 Å². The molecule has 0 bridgehead atoms. The molecule has 10 nitrogen and oxygen atoms in total. The van der Waals surface area contributed by atoms with Gasteiger partial charge in [0.25, 0.3) is 7.82 Å². The van der Waals surface area contributed by atoms with E-state index in [1.165, 1.54) is 0 Å². The Bertz CT molecular complexity index is 200. The van der Waals surface area contributed by atoms with Gasteiger partial charge in [-0.2, -0.15) is 8.42 Å². The van der Waals surface area contributed by atoms with E-state index in [-0.39, 0.29) is 63.7 Å². The predicted molar refractivity (Wildman–Crippen MR) is 36.3 cm³/mol. The largest absolute Gasteiger partial charge is 1.00 e.